The molecule has 0 aliphatic carbocycles. The first-order valence-electron chi connectivity index (χ1n) is 16.2. The lowest BCUT2D eigenvalue weighted by Gasteiger charge is -2.27. The highest BCUT2D eigenvalue weighted by Crippen LogP contribution is 2.50. The second-order valence-electron chi connectivity index (χ2n) is 12.1. The average molecular weight is 633 g/mol. The Morgan fingerprint density at radius 3 is 1.92 bits per heavy atom. The summed E-state index contributed by atoms with van der Waals surface area (Å²) in [6.45, 7) is 0. The third-order valence-corrected chi connectivity index (χ3v) is 10.6. The van der Waals surface area contributed by atoms with Gasteiger partial charge in [0.2, 0.25) is 0 Å². The molecular formula is C44H28N2OS. The first kappa shape index (κ1) is 27.1. The molecule has 0 unspecified atom stereocenters. The Morgan fingerprint density at radius 1 is 0.458 bits per heavy atom. The van der Waals surface area contributed by atoms with E-state index in [-0.39, 0.29) is 0 Å². The van der Waals surface area contributed by atoms with Gasteiger partial charge in [0.15, 0.2) is 0 Å². The number of benzene rings is 7. The lowest BCUT2D eigenvalue weighted by molar-refractivity contribution is 0.669. The molecule has 0 atom stereocenters. The van der Waals surface area contributed by atoms with Crippen LogP contribution in [0.2, 0.25) is 0 Å². The number of thiophene rings is 1. The van der Waals surface area contributed by atoms with Crippen LogP contribution in [-0.4, -0.2) is 4.57 Å². The molecule has 0 saturated carbocycles. The van der Waals surface area contributed by atoms with Crippen LogP contribution in [0.3, 0.4) is 0 Å². The molecule has 0 saturated heterocycles. The number of aromatic nitrogens is 1. The molecule has 3 aromatic heterocycles. The summed E-state index contributed by atoms with van der Waals surface area (Å²) in [6.07, 6.45) is 0. The number of anilines is 3. The molecular weight excluding hydrogens is 605 g/mol. The van der Waals surface area contributed by atoms with Gasteiger partial charge in [-0.15, -0.1) is 11.3 Å². The molecule has 7 aromatic carbocycles. The third-order valence-electron chi connectivity index (χ3n) is 9.39. The van der Waals surface area contributed by atoms with E-state index in [1.54, 1.807) is 0 Å². The highest BCUT2D eigenvalue weighted by molar-refractivity contribution is 7.27. The largest absolute Gasteiger partial charge is 0.456 e. The van der Waals surface area contributed by atoms with Crippen LogP contribution < -0.4 is 4.90 Å². The van der Waals surface area contributed by atoms with Crippen molar-refractivity contribution in [1.82, 2.24) is 4.57 Å². The van der Waals surface area contributed by atoms with Gasteiger partial charge in [0.05, 0.1) is 37.2 Å². The van der Waals surface area contributed by atoms with Crippen LogP contribution in [0.25, 0.3) is 70.0 Å². The molecule has 3 nitrogen and oxygen atoms in total. The standard InChI is InChI=1S/C44H28N2OS/c1-3-13-29(14-4-1)30-25-27-32(28-26-30)45(37-21-12-24-40-41(37)34-18-8-10-23-39(34)47-40)38-22-11-19-35-42-44(48-43(35)38)33-17-7-9-20-36(33)46(42)31-15-5-2-6-16-31/h1-28H. The summed E-state index contributed by atoms with van der Waals surface area (Å²) in [5, 5.41) is 4.73. The minimum absolute atomic E-state index is 0.879. The molecule has 0 bridgehead atoms. The van der Waals surface area contributed by atoms with Crippen LogP contribution >= 0.6 is 11.3 Å². The van der Waals surface area contributed by atoms with Crippen LogP contribution in [0.1, 0.15) is 0 Å². The van der Waals surface area contributed by atoms with Crippen molar-refractivity contribution in [3.05, 3.63) is 170 Å². The SMILES string of the molecule is c1ccc(-c2ccc(N(c3cccc4c3sc3c5ccccc5n(-c5ccccc5)c43)c3cccc4oc5ccccc5c34)cc2)cc1. The van der Waals surface area contributed by atoms with Crippen molar-refractivity contribution in [1.29, 1.82) is 0 Å². The third kappa shape index (κ3) is 4.06. The van der Waals surface area contributed by atoms with Crippen molar-refractivity contribution in [3.8, 4) is 16.8 Å². The number of fused-ring (bicyclic) bond motifs is 8. The van der Waals surface area contributed by atoms with Crippen LogP contribution in [0.4, 0.5) is 17.1 Å². The smallest absolute Gasteiger partial charge is 0.137 e. The van der Waals surface area contributed by atoms with E-state index in [0.717, 1.165) is 44.7 Å². The lowest BCUT2D eigenvalue weighted by Crippen LogP contribution is -2.10. The predicted molar refractivity (Wildman–Crippen MR) is 204 cm³/mol. The van der Waals surface area contributed by atoms with Gasteiger partial charge >= 0.3 is 0 Å². The summed E-state index contributed by atoms with van der Waals surface area (Å²) in [6, 6.07) is 60.5. The van der Waals surface area contributed by atoms with E-state index in [9.17, 15) is 0 Å². The fourth-order valence-corrected chi connectivity index (χ4v) is 8.61. The monoisotopic (exact) mass is 632 g/mol. The molecule has 10 aromatic rings. The molecule has 0 fully saturated rings. The van der Waals surface area contributed by atoms with E-state index in [1.807, 2.05) is 17.4 Å². The number of nitrogens with zero attached hydrogens (tertiary/aromatic N) is 2. The first-order valence-corrected chi connectivity index (χ1v) is 17.0. The Kier molecular flexibility index (Phi) is 6.05. The van der Waals surface area contributed by atoms with Gasteiger partial charge in [-0.05, 0) is 65.7 Å². The van der Waals surface area contributed by atoms with Gasteiger partial charge < -0.3 is 13.9 Å². The molecule has 0 spiro atoms. The normalized spacial score (nSPS) is 11.8. The van der Waals surface area contributed by atoms with Crippen molar-refractivity contribution in [2.24, 2.45) is 0 Å². The summed E-state index contributed by atoms with van der Waals surface area (Å²) < 4.78 is 11.4. The highest BCUT2D eigenvalue weighted by Gasteiger charge is 2.24. The van der Waals surface area contributed by atoms with Crippen LogP contribution in [0.5, 0.6) is 0 Å². The Labute approximate surface area is 281 Å². The Hall–Kier alpha value is -6.10. The van der Waals surface area contributed by atoms with E-state index in [4.69, 9.17) is 4.42 Å². The Morgan fingerprint density at radius 2 is 1.08 bits per heavy atom. The second-order valence-corrected chi connectivity index (χ2v) is 13.1. The zero-order valence-electron chi connectivity index (χ0n) is 25.9. The van der Waals surface area contributed by atoms with E-state index >= 15 is 0 Å². The van der Waals surface area contributed by atoms with Gasteiger partial charge in [0.25, 0.3) is 0 Å². The van der Waals surface area contributed by atoms with E-state index in [2.05, 4.69) is 173 Å². The number of hydrogen-bond donors (Lipinski definition) is 0. The zero-order chi connectivity index (χ0) is 31.6. The first-order chi connectivity index (χ1) is 23.8. The molecule has 0 N–H and O–H groups in total. The Bertz CT molecular complexity index is 2770. The van der Waals surface area contributed by atoms with Gasteiger partial charge in [0, 0.05) is 27.5 Å². The maximum Gasteiger partial charge on any atom is 0.137 e. The Balaban J connectivity index is 1.28. The van der Waals surface area contributed by atoms with Gasteiger partial charge in [0.1, 0.15) is 11.2 Å². The fourth-order valence-electron chi connectivity index (χ4n) is 7.28. The average Bonchev–Trinajstić information content (AvgIpc) is 3.82. The molecule has 48 heavy (non-hydrogen) atoms. The molecule has 0 radical (unpaired) electrons. The molecule has 0 aliphatic rings. The van der Waals surface area contributed by atoms with Gasteiger partial charge in [-0.3, -0.25) is 0 Å². The number of para-hydroxylation sites is 3. The predicted octanol–water partition coefficient (Wildman–Crippen LogP) is 13.0. The maximum atomic E-state index is 6.40. The fraction of sp³-hybridized carbons (Fsp3) is 0. The van der Waals surface area contributed by atoms with Crippen molar-refractivity contribution >= 4 is 81.5 Å². The van der Waals surface area contributed by atoms with Crippen molar-refractivity contribution in [2.45, 2.75) is 0 Å². The van der Waals surface area contributed by atoms with Crippen molar-refractivity contribution in [2.75, 3.05) is 4.90 Å². The molecule has 0 aliphatic heterocycles. The van der Waals surface area contributed by atoms with Crippen LogP contribution in [0, 0.1) is 0 Å². The van der Waals surface area contributed by atoms with Gasteiger partial charge in [-0.2, -0.15) is 0 Å². The maximum absolute atomic E-state index is 6.40. The topological polar surface area (TPSA) is 21.3 Å². The summed E-state index contributed by atoms with van der Waals surface area (Å²) in [7, 11) is 0. The summed E-state index contributed by atoms with van der Waals surface area (Å²) >= 11 is 1.88. The van der Waals surface area contributed by atoms with E-state index < -0.39 is 0 Å². The molecule has 3 heterocycles. The summed E-state index contributed by atoms with van der Waals surface area (Å²) in [5.74, 6) is 0. The molecule has 10 rings (SSSR count). The summed E-state index contributed by atoms with van der Waals surface area (Å²) in [4.78, 5) is 2.42. The zero-order valence-corrected chi connectivity index (χ0v) is 26.7. The molecule has 226 valence electrons. The second kappa shape index (κ2) is 10.7. The number of hydrogen-bond acceptors (Lipinski definition) is 3. The van der Waals surface area contributed by atoms with E-state index in [1.165, 1.54) is 42.3 Å². The van der Waals surface area contributed by atoms with Crippen molar-refractivity contribution < 1.29 is 4.42 Å². The summed E-state index contributed by atoms with van der Waals surface area (Å²) in [5.41, 5.74) is 11.1. The van der Waals surface area contributed by atoms with Crippen molar-refractivity contribution in [3.63, 3.8) is 0 Å². The minimum Gasteiger partial charge on any atom is -0.456 e. The molecule has 0 amide bonds. The minimum atomic E-state index is 0.879. The van der Waals surface area contributed by atoms with Gasteiger partial charge in [-0.1, -0.05) is 115 Å². The number of furan rings is 1. The van der Waals surface area contributed by atoms with Gasteiger partial charge in [-0.25, -0.2) is 0 Å². The molecule has 4 heteroatoms. The van der Waals surface area contributed by atoms with Crippen LogP contribution in [0.15, 0.2) is 174 Å². The van der Waals surface area contributed by atoms with Crippen LogP contribution in [-0.2, 0) is 0 Å². The van der Waals surface area contributed by atoms with E-state index in [0.29, 0.717) is 0 Å². The number of rotatable bonds is 5. The quantitative estimate of drug-likeness (QED) is 0.188. The lowest BCUT2D eigenvalue weighted by atomic mass is 10.0. The highest BCUT2D eigenvalue weighted by atomic mass is 32.1.